The van der Waals surface area contributed by atoms with E-state index >= 15 is 0 Å². The van der Waals surface area contributed by atoms with Crippen molar-refractivity contribution in [3.05, 3.63) is 51.4 Å². The van der Waals surface area contributed by atoms with Gasteiger partial charge < -0.3 is 14.1 Å². The minimum atomic E-state index is -3.89. The lowest BCUT2D eigenvalue weighted by Crippen LogP contribution is -2.41. The predicted molar refractivity (Wildman–Crippen MR) is 114 cm³/mol. The van der Waals surface area contributed by atoms with E-state index in [0.29, 0.717) is 19.0 Å². The van der Waals surface area contributed by atoms with Gasteiger partial charge in [-0.05, 0) is 45.0 Å². The van der Waals surface area contributed by atoms with Crippen LogP contribution in [0.4, 0.5) is 0 Å². The highest BCUT2D eigenvalue weighted by Gasteiger charge is 2.31. The van der Waals surface area contributed by atoms with Gasteiger partial charge in [-0.25, -0.2) is 8.42 Å². The van der Waals surface area contributed by atoms with E-state index in [2.05, 4.69) is 0 Å². The Balaban J connectivity index is 1.98. The molecule has 0 N–H and O–H groups in total. The second-order valence-corrected chi connectivity index (χ2v) is 10.0. The van der Waals surface area contributed by atoms with Crippen molar-refractivity contribution >= 4 is 39.1 Å². The van der Waals surface area contributed by atoms with E-state index in [4.69, 9.17) is 32.4 Å². The number of carbonyl (C=O) groups is 1. The molecule has 1 saturated heterocycles. The van der Waals surface area contributed by atoms with E-state index in [1.807, 2.05) is 26.8 Å². The highest BCUT2D eigenvalue weighted by molar-refractivity contribution is 7.89. The summed E-state index contributed by atoms with van der Waals surface area (Å²) in [7, 11) is -3.89. The highest BCUT2D eigenvalue weighted by Crippen LogP contribution is 2.32. The molecule has 2 aromatic rings. The van der Waals surface area contributed by atoms with E-state index in [1.165, 1.54) is 16.4 Å². The third-order valence-electron chi connectivity index (χ3n) is 4.85. The van der Waals surface area contributed by atoms with Crippen LogP contribution in [0.2, 0.25) is 10.0 Å². The zero-order valence-corrected chi connectivity index (χ0v) is 19.4. The Morgan fingerprint density at radius 2 is 1.83 bits per heavy atom. The van der Waals surface area contributed by atoms with Crippen LogP contribution in [0.15, 0.2) is 33.6 Å². The quantitative estimate of drug-likeness (QED) is 0.632. The lowest BCUT2D eigenvalue weighted by atomic mass is 10.1. The number of hydrogen-bond donors (Lipinski definition) is 0. The molecule has 1 amide bonds. The molecule has 0 atom stereocenters. The molecule has 0 aliphatic carbocycles. The fourth-order valence-electron chi connectivity index (χ4n) is 3.20. The second-order valence-electron chi connectivity index (χ2n) is 7.32. The van der Waals surface area contributed by atoms with Crippen molar-refractivity contribution in [2.75, 3.05) is 26.3 Å². The number of sulfonamides is 1. The molecule has 1 aliphatic heterocycles. The van der Waals surface area contributed by atoms with Crippen molar-refractivity contribution < 1.29 is 22.4 Å². The molecule has 0 unspecified atom stereocenters. The Hall–Kier alpha value is -1.58. The average molecular weight is 475 g/mol. The van der Waals surface area contributed by atoms with Gasteiger partial charge in [0.05, 0.1) is 35.4 Å². The van der Waals surface area contributed by atoms with Gasteiger partial charge in [-0.1, -0.05) is 23.2 Å². The van der Waals surface area contributed by atoms with Crippen molar-refractivity contribution in [1.29, 1.82) is 0 Å². The molecule has 2 heterocycles. The molecule has 1 fully saturated rings. The maximum Gasteiger partial charge on any atom is 0.256 e. The van der Waals surface area contributed by atoms with E-state index in [9.17, 15) is 13.2 Å². The minimum absolute atomic E-state index is 0.0270. The SMILES string of the molecule is Cc1ccc(CN(C(=O)c2cc(S(=O)(=O)N3CCOCC3)c(Cl)cc2Cl)C(C)C)o1. The number of aryl methyl sites for hydroxylation is 1. The van der Waals surface area contributed by atoms with Crippen LogP contribution < -0.4 is 0 Å². The van der Waals surface area contributed by atoms with Crippen LogP contribution >= 0.6 is 23.2 Å². The summed E-state index contributed by atoms with van der Waals surface area (Å²) in [5.74, 6) is 0.963. The van der Waals surface area contributed by atoms with Gasteiger partial charge in [-0.2, -0.15) is 4.31 Å². The normalized spacial score (nSPS) is 15.5. The molecule has 30 heavy (non-hydrogen) atoms. The number of amides is 1. The number of hydrogen-bond acceptors (Lipinski definition) is 5. The van der Waals surface area contributed by atoms with E-state index in [-0.39, 0.29) is 46.2 Å². The van der Waals surface area contributed by atoms with Crippen molar-refractivity contribution in [3.63, 3.8) is 0 Å². The lowest BCUT2D eigenvalue weighted by Gasteiger charge is -2.28. The molecule has 0 saturated carbocycles. The zero-order valence-electron chi connectivity index (χ0n) is 17.0. The van der Waals surface area contributed by atoms with Crippen LogP contribution in [0.25, 0.3) is 0 Å². The summed E-state index contributed by atoms with van der Waals surface area (Å²) in [6.07, 6.45) is 0. The summed E-state index contributed by atoms with van der Waals surface area (Å²) in [6.45, 7) is 6.84. The van der Waals surface area contributed by atoms with Gasteiger partial charge in [-0.15, -0.1) is 0 Å². The molecule has 1 aromatic carbocycles. The summed E-state index contributed by atoms with van der Waals surface area (Å²) in [6, 6.07) is 6.02. The Morgan fingerprint density at radius 1 is 1.17 bits per heavy atom. The van der Waals surface area contributed by atoms with Crippen LogP contribution in [0, 0.1) is 6.92 Å². The lowest BCUT2D eigenvalue weighted by molar-refractivity contribution is 0.0675. The molecule has 1 aliphatic rings. The summed E-state index contributed by atoms with van der Waals surface area (Å²) in [5, 5.41) is 0.0630. The Kier molecular flexibility index (Phi) is 7.14. The minimum Gasteiger partial charge on any atom is -0.464 e. The number of morpholine rings is 1. The molecule has 7 nitrogen and oxygen atoms in total. The van der Waals surface area contributed by atoms with Gasteiger partial charge in [0.2, 0.25) is 10.0 Å². The number of furan rings is 1. The Morgan fingerprint density at radius 3 is 2.40 bits per heavy atom. The Bertz CT molecular complexity index is 1030. The summed E-state index contributed by atoms with van der Waals surface area (Å²) in [5.41, 5.74) is 0.0740. The molecular weight excluding hydrogens is 451 g/mol. The van der Waals surface area contributed by atoms with Crippen LogP contribution in [-0.2, 0) is 21.3 Å². The largest absolute Gasteiger partial charge is 0.464 e. The van der Waals surface area contributed by atoms with Crippen molar-refractivity contribution in [1.82, 2.24) is 9.21 Å². The Labute approximate surface area is 186 Å². The number of halogens is 2. The maximum absolute atomic E-state index is 13.3. The molecule has 3 rings (SSSR count). The van der Waals surface area contributed by atoms with Gasteiger partial charge in [0.25, 0.3) is 5.91 Å². The summed E-state index contributed by atoms with van der Waals surface area (Å²) < 4.78 is 38.3. The van der Waals surface area contributed by atoms with Crippen LogP contribution in [0.3, 0.4) is 0 Å². The molecule has 1 aromatic heterocycles. The summed E-state index contributed by atoms with van der Waals surface area (Å²) >= 11 is 12.5. The summed E-state index contributed by atoms with van der Waals surface area (Å²) in [4.78, 5) is 14.7. The molecular formula is C20H24Cl2N2O5S. The van der Waals surface area contributed by atoms with Crippen LogP contribution in [0.1, 0.15) is 35.7 Å². The van der Waals surface area contributed by atoms with Gasteiger partial charge in [0.15, 0.2) is 0 Å². The van der Waals surface area contributed by atoms with E-state index in [0.717, 1.165) is 5.76 Å². The first-order chi connectivity index (χ1) is 14.1. The first-order valence-electron chi connectivity index (χ1n) is 9.54. The molecule has 0 radical (unpaired) electrons. The third-order valence-corrected chi connectivity index (χ3v) is 7.52. The van der Waals surface area contributed by atoms with E-state index < -0.39 is 15.9 Å². The monoisotopic (exact) mass is 474 g/mol. The van der Waals surface area contributed by atoms with Crippen LogP contribution in [0.5, 0.6) is 0 Å². The number of benzene rings is 1. The molecule has 0 spiro atoms. The van der Waals surface area contributed by atoms with Gasteiger partial charge in [-0.3, -0.25) is 4.79 Å². The van der Waals surface area contributed by atoms with E-state index in [1.54, 1.807) is 11.0 Å². The average Bonchev–Trinajstić information content (AvgIpc) is 3.11. The van der Waals surface area contributed by atoms with Gasteiger partial charge in [0.1, 0.15) is 16.4 Å². The highest BCUT2D eigenvalue weighted by atomic mass is 35.5. The van der Waals surface area contributed by atoms with Crippen molar-refractivity contribution in [2.24, 2.45) is 0 Å². The zero-order chi connectivity index (χ0) is 22.1. The number of rotatable bonds is 6. The number of nitrogens with zero attached hydrogens (tertiary/aromatic N) is 2. The fraction of sp³-hybridized carbons (Fsp3) is 0.450. The topological polar surface area (TPSA) is 80.1 Å². The molecule has 164 valence electrons. The number of carbonyl (C=O) groups excluding carboxylic acids is 1. The maximum atomic E-state index is 13.3. The second kappa shape index (κ2) is 9.28. The van der Waals surface area contributed by atoms with Gasteiger partial charge in [0, 0.05) is 19.1 Å². The smallest absolute Gasteiger partial charge is 0.256 e. The molecule has 0 bridgehead atoms. The standard InChI is InChI=1S/C20H24Cl2N2O5S/c1-13(2)24(12-15-5-4-14(3)29-15)20(25)16-10-19(18(22)11-17(16)21)30(26,27)23-6-8-28-9-7-23/h4-5,10-11,13H,6-9,12H2,1-3H3. The first-order valence-corrected chi connectivity index (χ1v) is 11.7. The fourth-order valence-corrected chi connectivity index (χ4v) is 5.43. The third kappa shape index (κ3) is 4.84. The predicted octanol–water partition coefficient (Wildman–Crippen LogP) is 3.97. The number of ether oxygens (including phenoxy) is 1. The molecule has 10 heteroatoms. The van der Waals surface area contributed by atoms with Crippen LogP contribution in [-0.4, -0.2) is 55.9 Å². The van der Waals surface area contributed by atoms with Gasteiger partial charge >= 0.3 is 0 Å². The van der Waals surface area contributed by atoms with Crippen molar-refractivity contribution in [3.8, 4) is 0 Å². The first kappa shape index (κ1) is 23.1. The van der Waals surface area contributed by atoms with Crippen molar-refractivity contribution in [2.45, 2.75) is 38.3 Å².